The van der Waals surface area contributed by atoms with Crippen LogP contribution in [-0.4, -0.2) is 39.2 Å². The molecule has 0 aliphatic heterocycles. The maximum atomic E-state index is 11.6. The van der Waals surface area contributed by atoms with Crippen LogP contribution in [0.2, 0.25) is 5.02 Å². The maximum absolute atomic E-state index is 11.6. The molecule has 0 atom stereocenters. The first-order chi connectivity index (χ1) is 9.20. The Bertz CT molecular complexity index is 556. The number of benzene rings is 1. The average Bonchev–Trinajstić information content (AvgIpc) is 2.93. The van der Waals surface area contributed by atoms with E-state index < -0.39 is 0 Å². The lowest BCUT2D eigenvalue weighted by molar-refractivity contribution is -0.115. The van der Waals surface area contributed by atoms with Gasteiger partial charge >= 0.3 is 0 Å². The van der Waals surface area contributed by atoms with Crippen molar-refractivity contribution in [2.45, 2.75) is 6.92 Å². The molecule has 1 amide bonds. The monoisotopic (exact) mass is 280 g/mol. The molecule has 1 heterocycles. The number of hydrogen-bond donors (Lipinski definition) is 2. The number of rotatable bonds is 5. The number of anilines is 1. The number of carbonyl (C=O) groups excluding carboxylic acids is 1. The summed E-state index contributed by atoms with van der Waals surface area (Å²) in [5.74, 6) is -0.155. The molecule has 0 spiro atoms. The molecule has 2 aromatic rings. The van der Waals surface area contributed by atoms with Crippen LogP contribution in [0.5, 0.6) is 0 Å². The molecule has 0 unspecified atom stereocenters. The zero-order valence-corrected chi connectivity index (χ0v) is 11.1. The molecule has 0 aliphatic carbocycles. The van der Waals surface area contributed by atoms with Crippen molar-refractivity contribution in [2.75, 3.05) is 18.4 Å². The zero-order chi connectivity index (χ0) is 13.7. The van der Waals surface area contributed by atoms with E-state index in [1.54, 1.807) is 18.2 Å². The van der Waals surface area contributed by atoms with E-state index in [1.165, 1.54) is 11.0 Å². The number of aromatic nitrogens is 4. The van der Waals surface area contributed by atoms with Crippen molar-refractivity contribution >= 4 is 23.2 Å². The largest absolute Gasteiger partial charge is 0.324 e. The molecule has 100 valence electrons. The quantitative estimate of drug-likeness (QED) is 0.849. The topological polar surface area (TPSA) is 84.7 Å². The molecular formula is C11H13ClN6O. The highest BCUT2D eigenvalue weighted by Gasteiger charge is 2.08. The Balaban J connectivity index is 2.16. The van der Waals surface area contributed by atoms with Gasteiger partial charge in [-0.2, -0.15) is 0 Å². The van der Waals surface area contributed by atoms with E-state index in [2.05, 4.69) is 26.2 Å². The Morgan fingerprint density at radius 2 is 2.32 bits per heavy atom. The summed E-state index contributed by atoms with van der Waals surface area (Å²) in [5, 5.41) is 17.0. The fourth-order valence-electron chi connectivity index (χ4n) is 1.46. The first kappa shape index (κ1) is 13.4. The van der Waals surface area contributed by atoms with Gasteiger partial charge in [-0.05, 0) is 35.2 Å². The number of halogens is 1. The Hall–Kier alpha value is -1.99. The van der Waals surface area contributed by atoms with Crippen LogP contribution in [0.3, 0.4) is 0 Å². The van der Waals surface area contributed by atoms with E-state index in [9.17, 15) is 4.79 Å². The third-order valence-electron chi connectivity index (χ3n) is 2.37. The number of nitrogens with zero attached hydrogens (tertiary/aromatic N) is 4. The van der Waals surface area contributed by atoms with E-state index in [-0.39, 0.29) is 12.5 Å². The normalized spacial score (nSPS) is 10.4. The molecule has 7 nitrogen and oxygen atoms in total. The summed E-state index contributed by atoms with van der Waals surface area (Å²) in [5.41, 5.74) is 1.24. The predicted octanol–water partition coefficient (Wildman–Crippen LogP) is 0.864. The number of amides is 1. The van der Waals surface area contributed by atoms with Gasteiger partial charge in [-0.25, -0.2) is 4.68 Å². The fourth-order valence-corrected chi connectivity index (χ4v) is 1.63. The summed E-state index contributed by atoms with van der Waals surface area (Å²) in [6.07, 6.45) is 1.47. The van der Waals surface area contributed by atoms with Crippen LogP contribution in [0.4, 0.5) is 5.69 Å². The van der Waals surface area contributed by atoms with Gasteiger partial charge in [0, 0.05) is 0 Å². The van der Waals surface area contributed by atoms with Crippen LogP contribution in [0.25, 0.3) is 5.69 Å². The van der Waals surface area contributed by atoms with Gasteiger partial charge in [0.1, 0.15) is 6.33 Å². The Morgan fingerprint density at radius 1 is 1.47 bits per heavy atom. The van der Waals surface area contributed by atoms with Crippen LogP contribution in [0.1, 0.15) is 6.92 Å². The lowest BCUT2D eigenvalue weighted by Crippen LogP contribution is -2.27. The fraction of sp³-hybridized carbons (Fsp3) is 0.273. The Kier molecular flexibility index (Phi) is 4.43. The highest BCUT2D eigenvalue weighted by molar-refractivity contribution is 6.33. The van der Waals surface area contributed by atoms with Crippen LogP contribution in [0, 0.1) is 0 Å². The molecule has 2 N–H and O–H groups in total. The summed E-state index contributed by atoms with van der Waals surface area (Å²) in [6.45, 7) is 2.90. The van der Waals surface area contributed by atoms with E-state index in [0.29, 0.717) is 16.4 Å². The van der Waals surface area contributed by atoms with Gasteiger partial charge in [0.15, 0.2) is 0 Å². The molecule has 1 aromatic carbocycles. The summed E-state index contributed by atoms with van der Waals surface area (Å²) in [6, 6.07) is 5.16. The molecule has 2 rings (SSSR count). The van der Waals surface area contributed by atoms with Gasteiger partial charge in [-0.1, -0.05) is 18.5 Å². The second kappa shape index (κ2) is 6.26. The second-order valence-corrected chi connectivity index (χ2v) is 4.15. The van der Waals surface area contributed by atoms with Crippen molar-refractivity contribution in [3.05, 3.63) is 29.5 Å². The van der Waals surface area contributed by atoms with Crippen molar-refractivity contribution in [1.82, 2.24) is 25.5 Å². The van der Waals surface area contributed by atoms with Gasteiger partial charge in [-0.15, -0.1) is 5.10 Å². The van der Waals surface area contributed by atoms with Crippen molar-refractivity contribution in [3.8, 4) is 5.69 Å². The summed E-state index contributed by atoms with van der Waals surface area (Å²) in [7, 11) is 0. The van der Waals surface area contributed by atoms with Crippen molar-refractivity contribution < 1.29 is 4.79 Å². The number of nitrogens with one attached hydrogen (secondary N) is 2. The van der Waals surface area contributed by atoms with Crippen LogP contribution >= 0.6 is 11.6 Å². The van der Waals surface area contributed by atoms with Crippen molar-refractivity contribution in [3.63, 3.8) is 0 Å². The molecule has 0 bridgehead atoms. The minimum atomic E-state index is -0.155. The molecule has 1 aromatic heterocycles. The molecular weight excluding hydrogens is 268 g/mol. The van der Waals surface area contributed by atoms with Crippen LogP contribution < -0.4 is 10.6 Å². The summed E-state index contributed by atoms with van der Waals surface area (Å²) >= 11 is 6.04. The van der Waals surface area contributed by atoms with Crippen molar-refractivity contribution in [1.29, 1.82) is 0 Å². The highest BCUT2D eigenvalue weighted by Crippen LogP contribution is 2.24. The van der Waals surface area contributed by atoms with Crippen LogP contribution in [-0.2, 0) is 4.79 Å². The molecule has 0 radical (unpaired) electrons. The number of tetrazole rings is 1. The van der Waals surface area contributed by atoms with E-state index in [1.807, 2.05) is 6.92 Å². The van der Waals surface area contributed by atoms with Gasteiger partial charge in [-0.3, -0.25) is 4.79 Å². The molecule has 0 aliphatic rings. The van der Waals surface area contributed by atoms with Gasteiger partial charge in [0.2, 0.25) is 5.91 Å². The molecule has 0 saturated carbocycles. The van der Waals surface area contributed by atoms with E-state index in [0.717, 1.165) is 6.54 Å². The Morgan fingerprint density at radius 3 is 3.00 bits per heavy atom. The Labute approximate surface area is 114 Å². The smallest absolute Gasteiger partial charge is 0.238 e. The zero-order valence-electron chi connectivity index (χ0n) is 10.3. The number of likely N-dealkylation sites (N-methyl/N-ethyl adjacent to an activating group) is 1. The molecule has 19 heavy (non-hydrogen) atoms. The number of carbonyl (C=O) groups is 1. The summed E-state index contributed by atoms with van der Waals surface area (Å²) in [4.78, 5) is 11.6. The third-order valence-corrected chi connectivity index (χ3v) is 2.70. The molecule has 0 fully saturated rings. The third kappa shape index (κ3) is 3.49. The predicted molar refractivity (Wildman–Crippen MR) is 71.3 cm³/mol. The van der Waals surface area contributed by atoms with Crippen molar-refractivity contribution in [2.24, 2.45) is 0 Å². The second-order valence-electron chi connectivity index (χ2n) is 3.75. The van der Waals surface area contributed by atoms with E-state index in [4.69, 9.17) is 11.6 Å². The summed E-state index contributed by atoms with van der Waals surface area (Å²) < 4.78 is 1.48. The van der Waals surface area contributed by atoms with Gasteiger partial charge in [0.05, 0.1) is 22.9 Å². The molecule has 0 saturated heterocycles. The SMILES string of the molecule is CCNCC(=O)Nc1cc(-n2cnnn2)ccc1Cl. The average molecular weight is 281 g/mol. The van der Waals surface area contributed by atoms with Crippen LogP contribution in [0.15, 0.2) is 24.5 Å². The van der Waals surface area contributed by atoms with Gasteiger partial charge in [0.25, 0.3) is 0 Å². The highest BCUT2D eigenvalue weighted by atomic mass is 35.5. The number of hydrogen-bond acceptors (Lipinski definition) is 5. The first-order valence-corrected chi connectivity index (χ1v) is 6.12. The van der Waals surface area contributed by atoms with E-state index >= 15 is 0 Å². The van der Waals surface area contributed by atoms with Gasteiger partial charge < -0.3 is 10.6 Å². The molecule has 8 heteroatoms. The maximum Gasteiger partial charge on any atom is 0.238 e. The minimum absolute atomic E-state index is 0.155. The minimum Gasteiger partial charge on any atom is -0.324 e. The lowest BCUT2D eigenvalue weighted by atomic mass is 10.2. The first-order valence-electron chi connectivity index (χ1n) is 5.74. The lowest BCUT2D eigenvalue weighted by Gasteiger charge is -2.09. The standard InChI is InChI=1S/C11H13ClN6O/c1-2-13-6-11(19)15-10-5-8(3-4-9(10)12)18-7-14-16-17-18/h3-5,7,13H,2,6H2,1H3,(H,15,19).